The number of hydrogen-bond acceptors (Lipinski definition) is 3. The maximum atomic E-state index is 12.0. The van der Waals surface area contributed by atoms with E-state index in [1.165, 1.54) is 80.5 Å². The predicted molar refractivity (Wildman–Crippen MR) is 108 cm³/mol. The second-order valence-electron chi connectivity index (χ2n) is 8.92. The molecule has 1 aliphatic heterocycles. The van der Waals surface area contributed by atoms with Crippen LogP contribution in [-0.2, 0) is 6.42 Å². The Labute approximate surface area is 163 Å². The molecule has 0 bridgehead atoms. The third-order valence-corrected chi connectivity index (χ3v) is 7.01. The van der Waals surface area contributed by atoms with E-state index in [1.54, 1.807) is 14.1 Å². The summed E-state index contributed by atoms with van der Waals surface area (Å²) < 4.78 is 5.64. The van der Waals surface area contributed by atoms with Gasteiger partial charge in [0.2, 0.25) is 0 Å². The zero-order valence-corrected chi connectivity index (χ0v) is 17.0. The maximum Gasteiger partial charge on any atom is 0.414 e. The molecule has 0 unspecified atom stereocenters. The van der Waals surface area contributed by atoms with Crippen molar-refractivity contribution in [2.45, 2.75) is 69.7 Å². The van der Waals surface area contributed by atoms with Gasteiger partial charge in [-0.05, 0) is 68.3 Å². The average molecular weight is 371 g/mol. The Kier molecular flexibility index (Phi) is 5.72. The predicted octanol–water partition coefficient (Wildman–Crippen LogP) is 4.82. The van der Waals surface area contributed by atoms with Crippen LogP contribution in [0.4, 0.5) is 4.79 Å². The van der Waals surface area contributed by atoms with E-state index in [1.807, 2.05) is 6.07 Å². The Morgan fingerprint density at radius 3 is 2.78 bits per heavy atom. The summed E-state index contributed by atoms with van der Waals surface area (Å²) in [6, 6.07) is 6.96. The summed E-state index contributed by atoms with van der Waals surface area (Å²) in [5.41, 5.74) is 2.69. The molecular weight excluding hydrogens is 336 g/mol. The Balaban J connectivity index is 1.40. The van der Waals surface area contributed by atoms with Crippen LogP contribution in [0.2, 0.25) is 0 Å². The van der Waals surface area contributed by atoms with E-state index in [-0.39, 0.29) is 6.09 Å². The molecule has 3 aliphatic rings. The van der Waals surface area contributed by atoms with Crippen LogP contribution in [0.15, 0.2) is 18.2 Å². The van der Waals surface area contributed by atoms with Gasteiger partial charge in [-0.3, -0.25) is 4.90 Å². The second kappa shape index (κ2) is 8.22. The van der Waals surface area contributed by atoms with Gasteiger partial charge >= 0.3 is 6.09 Å². The largest absolute Gasteiger partial charge is 0.414 e. The van der Waals surface area contributed by atoms with Gasteiger partial charge in [-0.1, -0.05) is 37.8 Å². The summed E-state index contributed by atoms with van der Waals surface area (Å²) in [7, 11) is 3.46. The van der Waals surface area contributed by atoms with Crippen molar-refractivity contribution in [1.82, 2.24) is 9.80 Å². The SMILES string of the molecule is CN(C)C(=O)Oc1cccc2c1CC[C@@H]1[C@H]2CCN1CCCC1CCCC1. The highest BCUT2D eigenvalue weighted by molar-refractivity contribution is 5.70. The van der Waals surface area contributed by atoms with E-state index in [9.17, 15) is 4.79 Å². The number of amides is 1. The molecule has 2 atom stereocenters. The molecule has 0 aromatic heterocycles. The highest BCUT2D eigenvalue weighted by atomic mass is 16.6. The van der Waals surface area contributed by atoms with Crippen molar-refractivity contribution < 1.29 is 9.53 Å². The molecule has 1 aromatic carbocycles. The monoisotopic (exact) mass is 370 g/mol. The van der Waals surface area contributed by atoms with Crippen molar-refractivity contribution in [2.75, 3.05) is 27.2 Å². The highest BCUT2D eigenvalue weighted by Gasteiger charge is 2.39. The number of carbonyl (C=O) groups is 1. The van der Waals surface area contributed by atoms with Gasteiger partial charge < -0.3 is 9.64 Å². The van der Waals surface area contributed by atoms with Crippen molar-refractivity contribution in [3.63, 3.8) is 0 Å². The lowest BCUT2D eigenvalue weighted by Crippen LogP contribution is -2.36. The van der Waals surface area contributed by atoms with Gasteiger partial charge in [0.15, 0.2) is 0 Å². The van der Waals surface area contributed by atoms with E-state index in [2.05, 4.69) is 17.0 Å². The molecule has 0 N–H and O–H groups in total. The highest BCUT2D eigenvalue weighted by Crippen LogP contribution is 2.44. The summed E-state index contributed by atoms with van der Waals surface area (Å²) >= 11 is 0. The number of carbonyl (C=O) groups excluding carboxylic acids is 1. The minimum atomic E-state index is -0.287. The quantitative estimate of drug-likeness (QED) is 0.745. The fraction of sp³-hybridized carbons (Fsp3) is 0.696. The van der Waals surface area contributed by atoms with Crippen molar-refractivity contribution >= 4 is 6.09 Å². The molecule has 1 aromatic rings. The van der Waals surface area contributed by atoms with Crippen LogP contribution < -0.4 is 4.74 Å². The molecule has 4 nitrogen and oxygen atoms in total. The summed E-state index contributed by atoms with van der Waals surface area (Å²) in [5.74, 6) is 2.38. The molecule has 1 saturated carbocycles. The molecule has 27 heavy (non-hydrogen) atoms. The fourth-order valence-corrected chi connectivity index (χ4v) is 5.59. The molecule has 1 amide bonds. The first-order valence-corrected chi connectivity index (χ1v) is 10.9. The summed E-state index contributed by atoms with van der Waals surface area (Å²) in [6.45, 7) is 2.49. The molecule has 1 saturated heterocycles. The molecule has 2 fully saturated rings. The summed E-state index contributed by atoms with van der Waals surface area (Å²) in [4.78, 5) is 16.2. The second-order valence-corrected chi connectivity index (χ2v) is 8.92. The number of rotatable bonds is 5. The zero-order chi connectivity index (χ0) is 18.8. The van der Waals surface area contributed by atoms with E-state index < -0.39 is 0 Å². The van der Waals surface area contributed by atoms with Crippen LogP contribution in [0.3, 0.4) is 0 Å². The minimum absolute atomic E-state index is 0.287. The summed E-state index contributed by atoms with van der Waals surface area (Å²) in [5, 5.41) is 0. The zero-order valence-electron chi connectivity index (χ0n) is 17.0. The van der Waals surface area contributed by atoms with Crippen LogP contribution in [-0.4, -0.2) is 49.1 Å². The number of likely N-dealkylation sites (tertiary alicyclic amines) is 1. The smallest absolute Gasteiger partial charge is 0.410 e. The third kappa shape index (κ3) is 4.01. The van der Waals surface area contributed by atoms with Gasteiger partial charge in [0, 0.05) is 26.1 Å². The van der Waals surface area contributed by atoms with Crippen molar-refractivity contribution in [2.24, 2.45) is 5.92 Å². The average Bonchev–Trinajstić information content (AvgIpc) is 3.32. The van der Waals surface area contributed by atoms with Crippen LogP contribution in [0.25, 0.3) is 0 Å². The van der Waals surface area contributed by atoms with Crippen LogP contribution >= 0.6 is 0 Å². The van der Waals surface area contributed by atoms with Gasteiger partial charge in [-0.2, -0.15) is 0 Å². The number of ether oxygens (including phenoxy) is 1. The molecule has 4 rings (SSSR count). The molecule has 2 aliphatic carbocycles. The lowest BCUT2D eigenvalue weighted by atomic mass is 9.79. The Hall–Kier alpha value is -1.55. The van der Waals surface area contributed by atoms with E-state index in [4.69, 9.17) is 4.74 Å². The first kappa shape index (κ1) is 18.8. The summed E-state index contributed by atoms with van der Waals surface area (Å²) in [6.07, 6.45) is 11.8. The number of fused-ring (bicyclic) bond motifs is 3. The van der Waals surface area contributed by atoms with Gasteiger partial charge in [0.05, 0.1) is 0 Å². The van der Waals surface area contributed by atoms with E-state index in [0.717, 1.165) is 18.1 Å². The maximum absolute atomic E-state index is 12.0. The number of benzene rings is 1. The van der Waals surface area contributed by atoms with Crippen LogP contribution in [0, 0.1) is 5.92 Å². The standard InChI is InChI=1S/C23H34N2O2/c1-24(2)23(26)27-22-11-5-10-18-19-14-16-25(21(19)13-12-20(18)22)15-6-9-17-7-3-4-8-17/h5,10-11,17,19,21H,3-4,6-9,12-16H2,1-2H3/t19-,21+/m0/s1. The molecular formula is C23H34N2O2. The van der Waals surface area contributed by atoms with Crippen molar-refractivity contribution in [3.8, 4) is 5.75 Å². The molecule has 0 spiro atoms. The molecule has 4 heteroatoms. The Morgan fingerprint density at radius 1 is 1.19 bits per heavy atom. The fourth-order valence-electron chi connectivity index (χ4n) is 5.59. The first-order valence-electron chi connectivity index (χ1n) is 10.9. The molecule has 148 valence electrons. The minimum Gasteiger partial charge on any atom is -0.410 e. The Morgan fingerprint density at radius 2 is 2.00 bits per heavy atom. The Bertz CT molecular complexity index is 666. The topological polar surface area (TPSA) is 32.8 Å². The van der Waals surface area contributed by atoms with Gasteiger partial charge in [0.25, 0.3) is 0 Å². The van der Waals surface area contributed by atoms with Crippen LogP contribution in [0.5, 0.6) is 5.75 Å². The third-order valence-electron chi connectivity index (χ3n) is 7.01. The lowest BCUT2D eigenvalue weighted by Gasteiger charge is -2.34. The lowest BCUT2D eigenvalue weighted by molar-refractivity contribution is 0.170. The van der Waals surface area contributed by atoms with Crippen molar-refractivity contribution in [3.05, 3.63) is 29.3 Å². The first-order chi connectivity index (χ1) is 13.1. The molecule has 0 radical (unpaired) electrons. The van der Waals surface area contributed by atoms with Crippen molar-refractivity contribution in [1.29, 1.82) is 0 Å². The van der Waals surface area contributed by atoms with Crippen LogP contribution in [0.1, 0.15) is 68.4 Å². The molecule has 1 heterocycles. The van der Waals surface area contributed by atoms with Gasteiger partial charge in [-0.15, -0.1) is 0 Å². The van der Waals surface area contributed by atoms with Gasteiger partial charge in [-0.25, -0.2) is 4.79 Å². The van der Waals surface area contributed by atoms with E-state index in [0.29, 0.717) is 12.0 Å². The normalized spacial score (nSPS) is 25.3. The number of nitrogens with zero attached hydrogens (tertiary/aromatic N) is 2. The van der Waals surface area contributed by atoms with Gasteiger partial charge in [0.1, 0.15) is 5.75 Å². The number of hydrogen-bond donors (Lipinski definition) is 0. The van der Waals surface area contributed by atoms with E-state index >= 15 is 0 Å².